The molecule has 8 nitrogen and oxygen atoms in total. The minimum atomic E-state index is -3.83. The highest BCUT2D eigenvalue weighted by molar-refractivity contribution is 14.1. The number of carbonyl (C=O) groups is 1. The summed E-state index contributed by atoms with van der Waals surface area (Å²) in [5.74, 6) is -0.472. The molecule has 11 heteroatoms. The quantitative estimate of drug-likeness (QED) is 0.259. The lowest BCUT2D eigenvalue weighted by Gasteiger charge is -2.19. The number of nitrogens with one attached hydrogen (secondary N) is 2. The van der Waals surface area contributed by atoms with Gasteiger partial charge in [-0.25, -0.2) is 9.97 Å². The number of hydrogen-bond donors (Lipinski definition) is 2. The molecule has 2 aromatic carbocycles. The molecule has 0 spiro atoms. The molecule has 0 radical (unpaired) electrons. The number of aromatic nitrogens is 3. The molecule has 1 atom stereocenters. The number of hydrogen-bond acceptors (Lipinski definition) is 6. The monoisotopic (exact) mass is 591 g/mol. The maximum absolute atomic E-state index is 14.4. The molecule has 2 N–H and O–H groups in total. The molecule has 4 rings (SSSR count). The van der Waals surface area contributed by atoms with Gasteiger partial charge < -0.3 is 14.8 Å². The third kappa shape index (κ3) is 4.66. The van der Waals surface area contributed by atoms with E-state index >= 15 is 0 Å². The molecule has 166 valence electrons. The van der Waals surface area contributed by atoms with Crippen molar-refractivity contribution in [3.8, 4) is 6.07 Å². The molecule has 0 aliphatic heterocycles. The number of aromatic amines is 1. The van der Waals surface area contributed by atoms with E-state index in [2.05, 4.69) is 42.9 Å². The Morgan fingerprint density at radius 2 is 2.03 bits per heavy atom. The van der Waals surface area contributed by atoms with Crippen LogP contribution in [0.4, 0.5) is 0 Å². The zero-order valence-electron chi connectivity index (χ0n) is 17.2. The van der Waals surface area contributed by atoms with Gasteiger partial charge in [0.25, 0.3) is 13.3 Å². The third-order valence-corrected chi connectivity index (χ3v) is 8.33. The third-order valence-electron chi connectivity index (χ3n) is 4.93. The Morgan fingerprint density at radius 3 is 2.73 bits per heavy atom. The molecule has 1 amide bonds. The molecule has 2 aromatic heterocycles. The Labute approximate surface area is 207 Å². The van der Waals surface area contributed by atoms with E-state index in [0.717, 1.165) is 3.57 Å². The molecule has 2 heterocycles. The largest absolute Gasteiger partial charge is 0.350 e. The second-order valence-corrected chi connectivity index (χ2v) is 11.1. The van der Waals surface area contributed by atoms with E-state index in [1.165, 1.54) is 31.6 Å². The van der Waals surface area contributed by atoms with Gasteiger partial charge in [0.15, 0.2) is 0 Å². The summed E-state index contributed by atoms with van der Waals surface area (Å²) in [6, 6.07) is 11.9. The Morgan fingerprint density at radius 1 is 1.27 bits per heavy atom. The highest BCUT2D eigenvalue weighted by Crippen LogP contribution is 2.47. The van der Waals surface area contributed by atoms with Gasteiger partial charge in [0.05, 0.1) is 16.9 Å². The van der Waals surface area contributed by atoms with Crippen LogP contribution in [-0.4, -0.2) is 28.0 Å². The van der Waals surface area contributed by atoms with Crippen LogP contribution in [0.15, 0.2) is 55.1 Å². The van der Waals surface area contributed by atoms with Crippen LogP contribution in [0.1, 0.15) is 21.6 Å². The SMILES string of the molecule is COP(=O)(c1cc(Cl)cc(C#N)c1)c1c(C(=O)NCc2cncnc2)[nH]c2ccc(I)cc12. The summed E-state index contributed by atoms with van der Waals surface area (Å²) >= 11 is 8.33. The summed E-state index contributed by atoms with van der Waals surface area (Å²) < 4.78 is 20.9. The van der Waals surface area contributed by atoms with E-state index in [4.69, 9.17) is 16.1 Å². The van der Waals surface area contributed by atoms with Crippen molar-refractivity contribution >= 4 is 69.0 Å². The van der Waals surface area contributed by atoms with Gasteiger partial charge in [0.2, 0.25) is 0 Å². The second kappa shape index (κ2) is 9.61. The lowest BCUT2D eigenvalue weighted by Crippen LogP contribution is -2.30. The van der Waals surface area contributed by atoms with Crippen LogP contribution in [0.25, 0.3) is 10.9 Å². The Bertz CT molecular complexity index is 1450. The van der Waals surface area contributed by atoms with Crippen LogP contribution >= 0.6 is 41.6 Å². The summed E-state index contributed by atoms with van der Waals surface area (Å²) in [5.41, 5.74) is 1.67. The van der Waals surface area contributed by atoms with Crippen molar-refractivity contribution in [2.24, 2.45) is 0 Å². The van der Waals surface area contributed by atoms with Gasteiger partial charge in [-0.3, -0.25) is 9.36 Å². The molecule has 1 unspecified atom stereocenters. The van der Waals surface area contributed by atoms with Gasteiger partial charge in [0.1, 0.15) is 12.0 Å². The van der Waals surface area contributed by atoms with Gasteiger partial charge in [-0.15, -0.1) is 0 Å². The molecule has 0 aliphatic rings. The zero-order valence-corrected chi connectivity index (χ0v) is 21.0. The van der Waals surface area contributed by atoms with E-state index < -0.39 is 13.3 Å². The van der Waals surface area contributed by atoms with Crippen LogP contribution in [0, 0.1) is 14.9 Å². The van der Waals surface area contributed by atoms with Gasteiger partial charge in [0, 0.05) is 56.4 Å². The number of amides is 1. The fraction of sp³-hybridized carbons (Fsp3) is 0.0909. The first-order valence-corrected chi connectivity index (χ1v) is 12.6. The van der Waals surface area contributed by atoms with Crippen molar-refractivity contribution in [2.45, 2.75) is 6.54 Å². The smallest absolute Gasteiger partial charge is 0.268 e. The van der Waals surface area contributed by atoms with E-state index in [-0.39, 0.29) is 33.4 Å². The number of carbonyl (C=O) groups excluding carboxylic acids is 1. The minimum absolute atomic E-state index is 0.104. The molecule has 0 fully saturated rings. The first-order chi connectivity index (χ1) is 15.9. The van der Waals surface area contributed by atoms with Crippen molar-refractivity contribution in [1.29, 1.82) is 5.26 Å². The molecule has 0 aliphatic carbocycles. The van der Waals surface area contributed by atoms with Crippen LogP contribution in [0.2, 0.25) is 5.02 Å². The number of benzene rings is 2. The standard InChI is InChI=1S/C22H16ClIN5O3P/c1-32-33(31,17-5-13(8-25)4-15(23)6-17)21-18-7-16(24)2-3-19(18)29-20(21)22(30)28-11-14-9-26-12-27-10-14/h2-7,9-10,12,29H,11H2,1H3,(H,28,30). The fourth-order valence-electron chi connectivity index (χ4n) is 3.45. The number of nitriles is 1. The predicted molar refractivity (Wildman–Crippen MR) is 134 cm³/mol. The average molecular weight is 592 g/mol. The highest BCUT2D eigenvalue weighted by Gasteiger charge is 2.36. The van der Waals surface area contributed by atoms with Gasteiger partial charge in [-0.1, -0.05) is 11.6 Å². The molecule has 4 aromatic rings. The molecule has 0 saturated heterocycles. The lowest BCUT2D eigenvalue weighted by atomic mass is 10.2. The second-order valence-electron chi connectivity index (χ2n) is 7.01. The lowest BCUT2D eigenvalue weighted by molar-refractivity contribution is 0.0947. The number of halogens is 2. The molecule has 0 saturated carbocycles. The van der Waals surface area contributed by atoms with Crippen molar-refractivity contribution in [3.05, 3.63) is 80.5 Å². The van der Waals surface area contributed by atoms with Crippen LogP contribution in [0.3, 0.4) is 0 Å². The number of nitrogens with zero attached hydrogens (tertiary/aromatic N) is 3. The molecule has 33 heavy (non-hydrogen) atoms. The summed E-state index contributed by atoms with van der Waals surface area (Å²) in [6.45, 7) is 0.180. The Kier molecular flexibility index (Phi) is 6.81. The summed E-state index contributed by atoms with van der Waals surface area (Å²) in [4.78, 5) is 24.2. The maximum Gasteiger partial charge on any atom is 0.268 e. The first kappa shape index (κ1) is 23.4. The van der Waals surface area contributed by atoms with Crippen molar-refractivity contribution in [2.75, 3.05) is 7.11 Å². The van der Waals surface area contributed by atoms with E-state index in [1.54, 1.807) is 18.5 Å². The molecular weight excluding hydrogens is 576 g/mol. The predicted octanol–water partition coefficient (Wildman–Crippen LogP) is 3.89. The topological polar surface area (TPSA) is 121 Å². The van der Waals surface area contributed by atoms with Crippen LogP contribution < -0.4 is 15.9 Å². The van der Waals surface area contributed by atoms with Gasteiger partial charge in [-0.2, -0.15) is 5.26 Å². The summed E-state index contributed by atoms with van der Waals surface area (Å²) in [6.07, 6.45) is 4.59. The van der Waals surface area contributed by atoms with Crippen molar-refractivity contribution < 1.29 is 13.9 Å². The Balaban J connectivity index is 1.88. The fourth-order valence-corrected chi connectivity index (χ4v) is 6.47. The number of fused-ring (bicyclic) bond motifs is 1. The minimum Gasteiger partial charge on any atom is -0.350 e. The molecule has 0 bridgehead atoms. The van der Waals surface area contributed by atoms with Crippen molar-refractivity contribution in [3.63, 3.8) is 0 Å². The number of H-pyrrole nitrogens is 1. The van der Waals surface area contributed by atoms with Gasteiger partial charge >= 0.3 is 0 Å². The first-order valence-electron chi connectivity index (χ1n) is 9.56. The normalized spacial score (nSPS) is 12.8. The van der Waals surface area contributed by atoms with E-state index in [0.29, 0.717) is 16.5 Å². The number of rotatable bonds is 6. The highest BCUT2D eigenvalue weighted by atomic mass is 127. The van der Waals surface area contributed by atoms with Gasteiger partial charge in [-0.05, 0) is 59.0 Å². The van der Waals surface area contributed by atoms with Crippen LogP contribution in [-0.2, 0) is 15.6 Å². The van der Waals surface area contributed by atoms with E-state index in [1.807, 2.05) is 18.2 Å². The maximum atomic E-state index is 14.4. The molecular formula is C22H16ClIN5O3P. The van der Waals surface area contributed by atoms with Crippen LogP contribution in [0.5, 0.6) is 0 Å². The zero-order chi connectivity index (χ0) is 23.6. The van der Waals surface area contributed by atoms with Crippen molar-refractivity contribution in [1.82, 2.24) is 20.3 Å². The van der Waals surface area contributed by atoms with E-state index in [9.17, 15) is 14.6 Å². The summed E-state index contributed by atoms with van der Waals surface area (Å²) in [7, 11) is -2.52. The average Bonchev–Trinajstić information content (AvgIpc) is 3.21. The summed E-state index contributed by atoms with van der Waals surface area (Å²) in [5, 5.41) is 13.4. The Hall–Kier alpha value is -2.77.